The molecule has 0 saturated carbocycles. The van der Waals surface area contributed by atoms with Gasteiger partial charge < -0.3 is 14.0 Å². The van der Waals surface area contributed by atoms with Crippen molar-refractivity contribution in [2.75, 3.05) is 14.2 Å². The fourth-order valence-corrected chi connectivity index (χ4v) is 6.23. The molecule has 0 aliphatic heterocycles. The summed E-state index contributed by atoms with van der Waals surface area (Å²) in [6.07, 6.45) is 0.0143. The summed E-state index contributed by atoms with van der Waals surface area (Å²) in [5, 5.41) is 1.59. The Balaban J connectivity index is 1.83. The Kier molecular flexibility index (Phi) is 6.84. The number of ketones is 1. The second-order valence-electron chi connectivity index (χ2n) is 9.68. The molecule has 2 unspecified atom stereocenters. The highest BCUT2D eigenvalue weighted by molar-refractivity contribution is 6.30. The Bertz CT molecular complexity index is 1510. The van der Waals surface area contributed by atoms with Gasteiger partial charge in [-0.2, -0.15) is 0 Å². The molecule has 1 aliphatic carbocycles. The summed E-state index contributed by atoms with van der Waals surface area (Å²) < 4.78 is 12.6. The van der Waals surface area contributed by atoms with Crippen molar-refractivity contribution < 1.29 is 23.9 Å². The van der Waals surface area contributed by atoms with E-state index in [9.17, 15) is 14.4 Å². The van der Waals surface area contributed by atoms with E-state index >= 15 is 0 Å². The Labute approximate surface area is 226 Å². The van der Waals surface area contributed by atoms with Gasteiger partial charge in [-0.15, -0.1) is 0 Å². The SMILES string of the molecule is COC(=O)C1(C(=O)OC)CC(c2ccc(Cl)cc2)c2c(n(C)c3ccccc23)C1CC(=O)c1ccccc1. The Morgan fingerprint density at radius 1 is 0.895 bits per heavy atom. The molecule has 7 heteroatoms. The van der Waals surface area contributed by atoms with Crippen molar-refractivity contribution in [1.82, 2.24) is 4.57 Å². The molecule has 5 rings (SSSR count). The van der Waals surface area contributed by atoms with Crippen LogP contribution >= 0.6 is 11.6 Å². The monoisotopic (exact) mass is 529 g/mol. The molecule has 194 valence electrons. The summed E-state index contributed by atoms with van der Waals surface area (Å²) >= 11 is 6.20. The van der Waals surface area contributed by atoms with Crippen LogP contribution in [0, 0.1) is 5.41 Å². The van der Waals surface area contributed by atoms with Gasteiger partial charge in [0.2, 0.25) is 0 Å². The van der Waals surface area contributed by atoms with Crippen LogP contribution in [0.3, 0.4) is 0 Å². The van der Waals surface area contributed by atoms with Crippen LogP contribution in [0.2, 0.25) is 5.02 Å². The summed E-state index contributed by atoms with van der Waals surface area (Å²) in [6, 6.07) is 24.3. The summed E-state index contributed by atoms with van der Waals surface area (Å²) in [5.41, 5.74) is 2.34. The second-order valence-corrected chi connectivity index (χ2v) is 10.1. The molecule has 0 bridgehead atoms. The third kappa shape index (κ3) is 4.00. The lowest BCUT2D eigenvalue weighted by atomic mass is 9.59. The highest BCUT2D eigenvalue weighted by Crippen LogP contribution is 2.57. The van der Waals surface area contributed by atoms with Crippen LogP contribution < -0.4 is 0 Å². The maximum Gasteiger partial charge on any atom is 0.323 e. The average Bonchev–Trinajstić information content (AvgIpc) is 3.25. The number of nitrogens with zero attached hydrogens (tertiary/aromatic N) is 1. The number of esters is 2. The van der Waals surface area contributed by atoms with Crippen molar-refractivity contribution in [1.29, 1.82) is 0 Å². The molecule has 0 fully saturated rings. The molecule has 0 radical (unpaired) electrons. The topological polar surface area (TPSA) is 74.6 Å². The normalized spacial score (nSPS) is 18.0. The summed E-state index contributed by atoms with van der Waals surface area (Å²) in [5.74, 6) is -2.77. The molecule has 6 nitrogen and oxygen atoms in total. The van der Waals surface area contributed by atoms with Gasteiger partial charge >= 0.3 is 11.9 Å². The van der Waals surface area contributed by atoms with E-state index in [1.165, 1.54) is 14.2 Å². The van der Waals surface area contributed by atoms with Crippen LogP contribution in [0.1, 0.15) is 51.9 Å². The molecule has 0 amide bonds. The first kappa shape index (κ1) is 25.7. The quantitative estimate of drug-likeness (QED) is 0.172. The Morgan fingerprint density at radius 2 is 1.50 bits per heavy atom. The zero-order valence-electron chi connectivity index (χ0n) is 21.4. The Morgan fingerprint density at radius 3 is 2.13 bits per heavy atom. The van der Waals surface area contributed by atoms with Crippen LogP contribution in [-0.4, -0.2) is 36.5 Å². The number of Topliss-reactive ketones (excluding diaryl/α,β-unsaturated/α-hetero) is 1. The standard InChI is InChI=1S/C31H28ClNO5/c1-33-25-12-8-7-11-22(25)27-23(19-13-15-21(32)16-14-19)18-31(29(35)37-2,30(36)38-3)24(28(27)33)17-26(34)20-9-5-4-6-10-20/h4-16,23-24H,17-18H2,1-3H3. The highest BCUT2D eigenvalue weighted by atomic mass is 35.5. The largest absolute Gasteiger partial charge is 0.468 e. The van der Waals surface area contributed by atoms with E-state index in [0.717, 1.165) is 27.7 Å². The lowest BCUT2D eigenvalue weighted by molar-refractivity contribution is -0.173. The first-order chi connectivity index (χ1) is 18.3. The van der Waals surface area contributed by atoms with Gasteiger partial charge in [0.15, 0.2) is 11.2 Å². The minimum absolute atomic E-state index is 0.0707. The molecule has 0 N–H and O–H groups in total. The van der Waals surface area contributed by atoms with Crippen LogP contribution in [-0.2, 0) is 26.1 Å². The average molecular weight is 530 g/mol. The highest BCUT2D eigenvalue weighted by Gasteiger charge is 2.61. The van der Waals surface area contributed by atoms with E-state index in [-0.39, 0.29) is 24.5 Å². The number of methoxy groups -OCH3 is 2. The first-order valence-electron chi connectivity index (χ1n) is 12.4. The fourth-order valence-electron chi connectivity index (χ4n) is 6.11. The summed E-state index contributed by atoms with van der Waals surface area (Å²) in [7, 11) is 4.43. The molecule has 1 heterocycles. The molecule has 4 aromatic rings. The van der Waals surface area contributed by atoms with Crippen LogP contribution in [0.25, 0.3) is 10.9 Å². The van der Waals surface area contributed by atoms with Crippen molar-refractivity contribution in [3.63, 3.8) is 0 Å². The van der Waals surface area contributed by atoms with E-state index < -0.39 is 23.3 Å². The molecule has 38 heavy (non-hydrogen) atoms. The van der Waals surface area contributed by atoms with Crippen LogP contribution in [0.4, 0.5) is 0 Å². The molecular formula is C31H28ClNO5. The maximum atomic E-state index is 13.7. The molecule has 2 atom stereocenters. The van der Waals surface area contributed by atoms with E-state index in [0.29, 0.717) is 10.6 Å². The van der Waals surface area contributed by atoms with E-state index in [1.54, 1.807) is 36.4 Å². The first-order valence-corrected chi connectivity index (χ1v) is 12.8. The molecular weight excluding hydrogens is 502 g/mol. The fraction of sp³-hybridized carbons (Fsp3) is 0.258. The Hall–Kier alpha value is -3.90. The van der Waals surface area contributed by atoms with Gasteiger partial charge in [-0.25, -0.2) is 0 Å². The maximum absolute atomic E-state index is 13.7. The lowest BCUT2D eigenvalue weighted by Crippen LogP contribution is -2.50. The predicted molar refractivity (Wildman–Crippen MR) is 145 cm³/mol. The number of ether oxygens (including phenoxy) is 2. The van der Waals surface area contributed by atoms with Crippen molar-refractivity contribution in [3.05, 3.63) is 106 Å². The van der Waals surface area contributed by atoms with E-state index in [2.05, 4.69) is 0 Å². The molecule has 3 aromatic carbocycles. The van der Waals surface area contributed by atoms with Crippen molar-refractivity contribution in [3.8, 4) is 0 Å². The third-order valence-corrected chi connectivity index (χ3v) is 8.10. The zero-order chi connectivity index (χ0) is 27.0. The van der Waals surface area contributed by atoms with Crippen LogP contribution in [0.15, 0.2) is 78.9 Å². The van der Waals surface area contributed by atoms with Gasteiger partial charge in [-0.3, -0.25) is 14.4 Å². The van der Waals surface area contributed by atoms with Gasteiger partial charge in [0.1, 0.15) is 0 Å². The van der Waals surface area contributed by atoms with Gasteiger partial charge in [-0.1, -0.05) is 72.3 Å². The van der Waals surface area contributed by atoms with E-state index in [1.807, 2.05) is 54.1 Å². The minimum Gasteiger partial charge on any atom is -0.468 e. The van der Waals surface area contributed by atoms with Crippen molar-refractivity contribution >= 4 is 40.2 Å². The number of para-hydroxylation sites is 1. The van der Waals surface area contributed by atoms with Gasteiger partial charge in [-0.05, 0) is 35.7 Å². The number of hydrogen-bond donors (Lipinski definition) is 0. The van der Waals surface area contributed by atoms with Gasteiger partial charge in [0.25, 0.3) is 0 Å². The number of carbonyl (C=O) groups excluding carboxylic acids is 3. The van der Waals surface area contributed by atoms with Gasteiger partial charge in [0, 0.05) is 52.5 Å². The molecule has 1 aromatic heterocycles. The smallest absolute Gasteiger partial charge is 0.323 e. The number of aryl methyl sites for hydroxylation is 1. The molecule has 1 aliphatic rings. The summed E-state index contributed by atoms with van der Waals surface area (Å²) in [4.78, 5) is 41.1. The number of hydrogen-bond acceptors (Lipinski definition) is 5. The number of aromatic nitrogens is 1. The predicted octanol–water partition coefficient (Wildman–Crippen LogP) is 6.06. The second kappa shape index (κ2) is 10.1. The summed E-state index contributed by atoms with van der Waals surface area (Å²) in [6.45, 7) is 0. The zero-order valence-corrected chi connectivity index (χ0v) is 22.2. The number of benzene rings is 3. The molecule has 0 saturated heterocycles. The van der Waals surface area contributed by atoms with E-state index in [4.69, 9.17) is 21.1 Å². The van der Waals surface area contributed by atoms with Crippen molar-refractivity contribution in [2.45, 2.75) is 24.7 Å². The number of rotatable bonds is 6. The minimum atomic E-state index is -1.74. The number of halogens is 1. The van der Waals surface area contributed by atoms with Crippen molar-refractivity contribution in [2.24, 2.45) is 12.5 Å². The number of carbonyl (C=O) groups is 3. The number of fused-ring (bicyclic) bond motifs is 3. The third-order valence-electron chi connectivity index (χ3n) is 7.85. The lowest BCUT2D eigenvalue weighted by Gasteiger charge is -2.43. The van der Waals surface area contributed by atoms with Crippen LogP contribution in [0.5, 0.6) is 0 Å². The van der Waals surface area contributed by atoms with Gasteiger partial charge in [0.05, 0.1) is 14.2 Å². The molecule has 0 spiro atoms.